The number of hydrogen-bond acceptors (Lipinski definition) is 4. The summed E-state index contributed by atoms with van der Waals surface area (Å²) in [7, 11) is 0. The molecule has 2 N–H and O–H groups in total. The van der Waals surface area contributed by atoms with E-state index in [4.69, 9.17) is 9.52 Å². The normalized spacial score (nSPS) is 16.6. The van der Waals surface area contributed by atoms with Crippen LogP contribution in [-0.4, -0.2) is 40.2 Å². The highest BCUT2D eigenvalue weighted by molar-refractivity contribution is 9.10. The minimum Gasteiger partial charge on any atom is -0.465 e. The molecule has 1 saturated heterocycles. The van der Waals surface area contributed by atoms with E-state index >= 15 is 0 Å². The first-order valence-electron chi connectivity index (χ1n) is 6.42. The summed E-state index contributed by atoms with van der Waals surface area (Å²) < 4.78 is 6.59. The Kier molecular flexibility index (Phi) is 3.52. The van der Waals surface area contributed by atoms with Crippen molar-refractivity contribution in [3.8, 4) is 0 Å². The number of amides is 1. The molecule has 0 unspecified atom stereocenters. The average molecular weight is 340 g/mol. The molecule has 0 bridgehead atoms. The first-order chi connectivity index (χ1) is 9.61. The van der Waals surface area contributed by atoms with Gasteiger partial charge in [0.2, 0.25) is 0 Å². The summed E-state index contributed by atoms with van der Waals surface area (Å²) in [6.45, 7) is 1.08. The van der Waals surface area contributed by atoms with Crippen LogP contribution >= 0.6 is 15.9 Å². The van der Waals surface area contributed by atoms with Crippen molar-refractivity contribution in [2.45, 2.75) is 18.9 Å². The van der Waals surface area contributed by atoms with Gasteiger partial charge in [0.25, 0.3) is 6.01 Å². The number of halogens is 1. The molecule has 2 heterocycles. The molecule has 2 aromatic rings. The van der Waals surface area contributed by atoms with Crippen molar-refractivity contribution in [3.63, 3.8) is 0 Å². The van der Waals surface area contributed by atoms with Gasteiger partial charge in [0.15, 0.2) is 5.58 Å². The Balaban J connectivity index is 1.66. The van der Waals surface area contributed by atoms with Crippen molar-refractivity contribution in [1.29, 1.82) is 0 Å². The zero-order valence-corrected chi connectivity index (χ0v) is 12.3. The number of aromatic nitrogens is 1. The summed E-state index contributed by atoms with van der Waals surface area (Å²) in [5.74, 6) is 0. The van der Waals surface area contributed by atoms with E-state index in [-0.39, 0.29) is 6.04 Å². The van der Waals surface area contributed by atoms with Crippen LogP contribution < -0.4 is 5.32 Å². The highest BCUT2D eigenvalue weighted by Crippen LogP contribution is 2.24. The fourth-order valence-electron chi connectivity index (χ4n) is 2.35. The second-order valence-corrected chi connectivity index (χ2v) is 5.73. The van der Waals surface area contributed by atoms with Crippen LogP contribution in [0.15, 0.2) is 27.1 Å². The van der Waals surface area contributed by atoms with Crippen LogP contribution in [-0.2, 0) is 0 Å². The number of carbonyl (C=O) groups is 1. The lowest BCUT2D eigenvalue weighted by Crippen LogP contribution is -2.41. The van der Waals surface area contributed by atoms with E-state index in [1.54, 1.807) is 0 Å². The fraction of sp³-hybridized carbons (Fsp3) is 0.385. The maximum absolute atomic E-state index is 10.8. The summed E-state index contributed by atoms with van der Waals surface area (Å²) in [4.78, 5) is 16.6. The van der Waals surface area contributed by atoms with Crippen LogP contribution in [0.3, 0.4) is 0 Å². The highest BCUT2D eigenvalue weighted by atomic mass is 79.9. The molecule has 1 fully saturated rings. The smallest absolute Gasteiger partial charge is 0.407 e. The maximum atomic E-state index is 10.8. The molecule has 1 aromatic carbocycles. The van der Waals surface area contributed by atoms with Gasteiger partial charge in [-0.1, -0.05) is 15.9 Å². The fourth-order valence-corrected chi connectivity index (χ4v) is 2.69. The topological polar surface area (TPSA) is 78.6 Å². The third-order valence-electron chi connectivity index (χ3n) is 3.44. The van der Waals surface area contributed by atoms with Crippen LogP contribution in [0.2, 0.25) is 0 Å². The summed E-state index contributed by atoms with van der Waals surface area (Å²) in [5, 5.41) is 12.1. The Hall–Kier alpha value is -1.76. The third-order valence-corrected chi connectivity index (χ3v) is 3.94. The van der Waals surface area contributed by atoms with Crippen molar-refractivity contribution in [2.75, 3.05) is 18.4 Å². The predicted octanol–water partition coefficient (Wildman–Crippen LogP) is 3.14. The molecule has 6 nitrogen and oxygen atoms in total. The minimum atomic E-state index is -0.852. The number of rotatable bonds is 2. The lowest BCUT2D eigenvalue weighted by Gasteiger charge is -2.29. The Labute approximate surface area is 123 Å². The zero-order chi connectivity index (χ0) is 14.1. The number of likely N-dealkylation sites (tertiary alicyclic amines) is 1. The van der Waals surface area contributed by atoms with Crippen molar-refractivity contribution < 1.29 is 14.3 Å². The van der Waals surface area contributed by atoms with Crippen molar-refractivity contribution in [2.24, 2.45) is 0 Å². The lowest BCUT2D eigenvalue weighted by atomic mass is 10.1. The number of anilines is 1. The van der Waals surface area contributed by atoms with Crippen molar-refractivity contribution in [3.05, 3.63) is 22.7 Å². The second kappa shape index (κ2) is 5.32. The number of carboxylic acid groups (broad SMARTS) is 1. The van der Waals surface area contributed by atoms with E-state index in [0.717, 1.165) is 28.4 Å². The van der Waals surface area contributed by atoms with Gasteiger partial charge < -0.3 is 19.7 Å². The third kappa shape index (κ3) is 2.72. The van der Waals surface area contributed by atoms with Gasteiger partial charge in [-0.25, -0.2) is 4.79 Å². The number of piperidine rings is 1. The van der Waals surface area contributed by atoms with Crippen LogP contribution in [0, 0.1) is 0 Å². The Morgan fingerprint density at radius 1 is 1.45 bits per heavy atom. The Morgan fingerprint density at radius 2 is 2.20 bits per heavy atom. The van der Waals surface area contributed by atoms with Gasteiger partial charge in [0.1, 0.15) is 5.52 Å². The molecule has 0 atom stereocenters. The first-order valence-corrected chi connectivity index (χ1v) is 7.21. The van der Waals surface area contributed by atoms with E-state index in [1.807, 2.05) is 18.2 Å². The molecule has 0 radical (unpaired) electrons. The molecule has 1 aliphatic heterocycles. The van der Waals surface area contributed by atoms with Crippen LogP contribution in [0.5, 0.6) is 0 Å². The van der Waals surface area contributed by atoms with E-state index in [9.17, 15) is 4.79 Å². The first kappa shape index (κ1) is 13.2. The summed E-state index contributed by atoms with van der Waals surface area (Å²) in [6.07, 6.45) is 0.666. The summed E-state index contributed by atoms with van der Waals surface area (Å²) >= 11 is 3.39. The molecule has 1 amide bonds. The molecular formula is C13H14BrN3O3. The predicted molar refractivity (Wildman–Crippen MR) is 78.0 cm³/mol. The summed E-state index contributed by atoms with van der Waals surface area (Å²) in [5.41, 5.74) is 1.53. The average Bonchev–Trinajstić information content (AvgIpc) is 2.80. The quantitative estimate of drug-likeness (QED) is 0.878. The lowest BCUT2D eigenvalue weighted by molar-refractivity contribution is 0.133. The molecule has 20 heavy (non-hydrogen) atoms. The van der Waals surface area contributed by atoms with Crippen LogP contribution in [0.4, 0.5) is 10.8 Å². The Bertz CT molecular complexity index is 635. The second-order valence-electron chi connectivity index (χ2n) is 4.82. The van der Waals surface area contributed by atoms with E-state index in [1.165, 1.54) is 4.90 Å². The van der Waals surface area contributed by atoms with Gasteiger partial charge in [-0.3, -0.25) is 0 Å². The molecule has 3 rings (SSSR count). The van der Waals surface area contributed by atoms with Gasteiger partial charge in [0, 0.05) is 23.6 Å². The van der Waals surface area contributed by atoms with Crippen molar-refractivity contribution in [1.82, 2.24) is 9.88 Å². The van der Waals surface area contributed by atoms with Gasteiger partial charge in [0.05, 0.1) is 0 Å². The molecule has 1 aromatic heterocycles. The van der Waals surface area contributed by atoms with Crippen LogP contribution in [0.1, 0.15) is 12.8 Å². The van der Waals surface area contributed by atoms with E-state index < -0.39 is 6.09 Å². The van der Waals surface area contributed by atoms with E-state index in [0.29, 0.717) is 19.1 Å². The number of nitrogens with one attached hydrogen (secondary N) is 1. The Morgan fingerprint density at radius 3 is 2.90 bits per heavy atom. The SMILES string of the molecule is O=C(O)N1CCC(Nc2nc3ccc(Br)cc3o2)CC1. The van der Waals surface area contributed by atoms with Gasteiger partial charge in [-0.2, -0.15) is 4.98 Å². The van der Waals surface area contributed by atoms with Crippen molar-refractivity contribution >= 4 is 39.1 Å². The van der Waals surface area contributed by atoms with Crippen LogP contribution in [0.25, 0.3) is 11.1 Å². The zero-order valence-electron chi connectivity index (χ0n) is 10.7. The number of oxazole rings is 1. The number of benzene rings is 1. The minimum absolute atomic E-state index is 0.196. The van der Waals surface area contributed by atoms with E-state index in [2.05, 4.69) is 26.2 Å². The molecule has 106 valence electrons. The number of fused-ring (bicyclic) bond motifs is 1. The standard InChI is InChI=1S/C13H14BrN3O3/c14-8-1-2-10-11(7-8)20-12(16-10)15-9-3-5-17(6-4-9)13(18)19/h1-2,7,9H,3-6H2,(H,15,16)(H,18,19). The molecule has 0 aliphatic carbocycles. The summed E-state index contributed by atoms with van der Waals surface area (Å²) in [6, 6.07) is 6.37. The molecule has 1 aliphatic rings. The molecule has 7 heteroatoms. The monoisotopic (exact) mass is 339 g/mol. The maximum Gasteiger partial charge on any atom is 0.407 e. The van der Waals surface area contributed by atoms with Gasteiger partial charge in [-0.05, 0) is 31.0 Å². The number of nitrogens with zero attached hydrogens (tertiary/aromatic N) is 2. The van der Waals surface area contributed by atoms with Gasteiger partial charge in [-0.15, -0.1) is 0 Å². The molecule has 0 spiro atoms. The molecular weight excluding hydrogens is 326 g/mol. The largest absolute Gasteiger partial charge is 0.465 e. The number of hydrogen-bond donors (Lipinski definition) is 2. The van der Waals surface area contributed by atoms with Gasteiger partial charge >= 0.3 is 6.09 Å². The molecule has 0 saturated carbocycles. The highest BCUT2D eigenvalue weighted by Gasteiger charge is 2.23.